The molecule has 2 atom stereocenters. The molecule has 0 radical (unpaired) electrons. The lowest BCUT2D eigenvalue weighted by Crippen LogP contribution is -2.41. The molecule has 2 aromatic carbocycles. The van der Waals surface area contributed by atoms with Crippen LogP contribution in [0.3, 0.4) is 0 Å². The second-order valence-corrected chi connectivity index (χ2v) is 6.80. The van der Waals surface area contributed by atoms with E-state index in [4.69, 9.17) is 5.11 Å². The summed E-state index contributed by atoms with van der Waals surface area (Å²) in [7, 11) is 0. The van der Waals surface area contributed by atoms with Gasteiger partial charge in [0.25, 0.3) is 0 Å². The van der Waals surface area contributed by atoms with Gasteiger partial charge in [0.2, 0.25) is 11.7 Å². The first-order chi connectivity index (χ1) is 14.0. The van der Waals surface area contributed by atoms with Crippen LogP contribution in [0.5, 0.6) is 0 Å². The standard InChI is InChI=1S/C21H23N5O3/c1-15(26-24-20(23-25-26)17-10-6-3-7-11-17)21(29)22-18(12-13-19(27)28)14-16-8-4-2-5-9-16/h2-11,15,18H,12-14H2,1H3,(H,22,29)(H,27,28). The van der Waals surface area contributed by atoms with E-state index in [1.165, 1.54) is 4.80 Å². The molecule has 3 rings (SSSR count). The van der Waals surface area contributed by atoms with Gasteiger partial charge in [0.05, 0.1) is 0 Å². The number of nitrogens with zero attached hydrogens (tertiary/aromatic N) is 4. The Morgan fingerprint density at radius 1 is 1.07 bits per heavy atom. The van der Waals surface area contributed by atoms with Gasteiger partial charge >= 0.3 is 5.97 Å². The van der Waals surface area contributed by atoms with Crippen LogP contribution in [0.4, 0.5) is 0 Å². The van der Waals surface area contributed by atoms with Crippen molar-refractivity contribution in [2.24, 2.45) is 0 Å². The van der Waals surface area contributed by atoms with Gasteiger partial charge in [0.1, 0.15) is 6.04 Å². The van der Waals surface area contributed by atoms with E-state index < -0.39 is 12.0 Å². The Labute approximate surface area is 168 Å². The molecule has 1 amide bonds. The maximum absolute atomic E-state index is 12.7. The molecular weight excluding hydrogens is 370 g/mol. The molecule has 1 aromatic heterocycles. The third-order valence-corrected chi connectivity index (χ3v) is 4.56. The molecule has 0 aliphatic heterocycles. The fourth-order valence-electron chi connectivity index (χ4n) is 2.94. The molecule has 0 aliphatic rings. The van der Waals surface area contributed by atoms with E-state index in [1.54, 1.807) is 6.92 Å². The van der Waals surface area contributed by atoms with E-state index in [9.17, 15) is 9.59 Å². The zero-order valence-corrected chi connectivity index (χ0v) is 16.1. The van der Waals surface area contributed by atoms with Crippen LogP contribution in [0.1, 0.15) is 31.4 Å². The molecule has 2 N–H and O–H groups in total. The number of amides is 1. The average molecular weight is 393 g/mol. The number of carbonyl (C=O) groups is 2. The monoisotopic (exact) mass is 393 g/mol. The first kappa shape index (κ1) is 20.2. The molecule has 0 bridgehead atoms. The molecule has 8 heteroatoms. The zero-order chi connectivity index (χ0) is 20.6. The molecule has 0 aliphatic carbocycles. The summed E-state index contributed by atoms with van der Waals surface area (Å²) in [6, 6.07) is 18.1. The predicted octanol–water partition coefficient (Wildman–Crippen LogP) is 2.49. The first-order valence-corrected chi connectivity index (χ1v) is 9.44. The zero-order valence-electron chi connectivity index (χ0n) is 16.1. The van der Waals surface area contributed by atoms with Crippen molar-refractivity contribution in [3.05, 3.63) is 66.2 Å². The number of nitrogens with one attached hydrogen (secondary N) is 1. The van der Waals surface area contributed by atoms with Gasteiger partial charge in [0.15, 0.2) is 0 Å². The molecule has 0 saturated heterocycles. The molecule has 0 spiro atoms. The molecule has 3 aromatic rings. The minimum atomic E-state index is -0.893. The number of aromatic nitrogens is 4. The Morgan fingerprint density at radius 3 is 2.38 bits per heavy atom. The highest BCUT2D eigenvalue weighted by molar-refractivity contribution is 5.80. The Bertz CT molecular complexity index is 943. The van der Waals surface area contributed by atoms with Crippen molar-refractivity contribution in [2.75, 3.05) is 0 Å². The van der Waals surface area contributed by atoms with Gasteiger partial charge in [0, 0.05) is 18.0 Å². The number of carbonyl (C=O) groups excluding carboxylic acids is 1. The summed E-state index contributed by atoms with van der Waals surface area (Å²) < 4.78 is 0. The van der Waals surface area contributed by atoms with Gasteiger partial charge in [-0.3, -0.25) is 9.59 Å². The minimum Gasteiger partial charge on any atom is -0.481 e. The molecule has 1 heterocycles. The summed E-state index contributed by atoms with van der Waals surface area (Å²) in [5, 5.41) is 24.3. The summed E-state index contributed by atoms with van der Waals surface area (Å²) in [4.78, 5) is 25.0. The predicted molar refractivity (Wildman–Crippen MR) is 107 cm³/mol. The maximum Gasteiger partial charge on any atom is 0.303 e. The van der Waals surface area contributed by atoms with Crippen LogP contribution >= 0.6 is 0 Å². The van der Waals surface area contributed by atoms with Crippen LogP contribution in [-0.4, -0.2) is 43.2 Å². The van der Waals surface area contributed by atoms with Crippen molar-refractivity contribution in [2.45, 2.75) is 38.3 Å². The van der Waals surface area contributed by atoms with Crippen LogP contribution in [0, 0.1) is 0 Å². The van der Waals surface area contributed by atoms with E-state index in [-0.39, 0.29) is 18.4 Å². The van der Waals surface area contributed by atoms with Crippen LogP contribution in [-0.2, 0) is 16.0 Å². The minimum absolute atomic E-state index is 0.0219. The number of carboxylic acid groups (broad SMARTS) is 1. The number of rotatable bonds is 9. The lowest BCUT2D eigenvalue weighted by Gasteiger charge is -2.20. The first-order valence-electron chi connectivity index (χ1n) is 9.44. The van der Waals surface area contributed by atoms with Gasteiger partial charge in [-0.2, -0.15) is 4.80 Å². The summed E-state index contributed by atoms with van der Waals surface area (Å²) >= 11 is 0. The molecule has 2 unspecified atom stereocenters. The van der Waals surface area contributed by atoms with Gasteiger partial charge in [-0.1, -0.05) is 60.7 Å². The fourth-order valence-corrected chi connectivity index (χ4v) is 2.94. The van der Waals surface area contributed by atoms with Gasteiger partial charge in [-0.15, -0.1) is 10.2 Å². The summed E-state index contributed by atoms with van der Waals surface area (Å²) in [6.07, 6.45) is 0.862. The average Bonchev–Trinajstić information content (AvgIpc) is 3.23. The normalized spacial score (nSPS) is 12.9. The van der Waals surface area contributed by atoms with Crippen molar-refractivity contribution in [1.82, 2.24) is 25.5 Å². The van der Waals surface area contributed by atoms with Crippen LogP contribution in [0.25, 0.3) is 11.4 Å². The highest BCUT2D eigenvalue weighted by atomic mass is 16.4. The Kier molecular flexibility index (Phi) is 6.67. The fraction of sp³-hybridized carbons (Fsp3) is 0.286. The van der Waals surface area contributed by atoms with Crippen molar-refractivity contribution in [3.8, 4) is 11.4 Å². The lowest BCUT2D eigenvalue weighted by atomic mass is 10.0. The summed E-state index contributed by atoms with van der Waals surface area (Å²) in [5.41, 5.74) is 1.84. The Morgan fingerprint density at radius 2 is 1.72 bits per heavy atom. The molecule has 0 fully saturated rings. The number of hydrogen-bond acceptors (Lipinski definition) is 5. The SMILES string of the molecule is CC(C(=O)NC(CCC(=O)O)Cc1ccccc1)n1nnc(-c2ccccc2)n1. The molecule has 29 heavy (non-hydrogen) atoms. The van der Waals surface area contributed by atoms with E-state index in [2.05, 4.69) is 20.7 Å². The Balaban J connectivity index is 1.68. The second-order valence-electron chi connectivity index (χ2n) is 6.80. The molecule has 150 valence electrons. The van der Waals surface area contributed by atoms with Gasteiger partial charge in [-0.25, -0.2) is 0 Å². The highest BCUT2D eigenvalue weighted by Crippen LogP contribution is 2.14. The second kappa shape index (κ2) is 9.59. The van der Waals surface area contributed by atoms with Crippen LogP contribution in [0.2, 0.25) is 0 Å². The number of carboxylic acids is 1. The summed E-state index contributed by atoms with van der Waals surface area (Å²) in [5.74, 6) is -0.735. The Hall–Kier alpha value is -3.55. The molecule has 0 saturated carbocycles. The number of aliphatic carboxylic acids is 1. The lowest BCUT2D eigenvalue weighted by molar-refractivity contribution is -0.137. The van der Waals surface area contributed by atoms with E-state index in [0.29, 0.717) is 18.7 Å². The van der Waals surface area contributed by atoms with Gasteiger partial charge < -0.3 is 10.4 Å². The maximum atomic E-state index is 12.7. The van der Waals surface area contributed by atoms with Crippen molar-refractivity contribution >= 4 is 11.9 Å². The van der Waals surface area contributed by atoms with Gasteiger partial charge in [-0.05, 0) is 30.5 Å². The number of benzene rings is 2. The number of hydrogen-bond donors (Lipinski definition) is 2. The van der Waals surface area contributed by atoms with Crippen LogP contribution in [0.15, 0.2) is 60.7 Å². The van der Waals surface area contributed by atoms with E-state index in [1.807, 2.05) is 60.7 Å². The number of tetrazole rings is 1. The quantitative estimate of drug-likeness (QED) is 0.578. The topological polar surface area (TPSA) is 110 Å². The third kappa shape index (κ3) is 5.71. The van der Waals surface area contributed by atoms with Crippen LogP contribution < -0.4 is 5.32 Å². The smallest absolute Gasteiger partial charge is 0.303 e. The van der Waals surface area contributed by atoms with Crippen molar-refractivity contribution in [1.29, 1.82) is 0 Å². The third-order valence-electron chi connectivity index (χ3n) is 4.56. The largest absolute Gasteiger partial charge is 0.481 e. The summed E-state index contributed by atoms with van der Waals surface area (Å²) in [6.45, 7) is 1.68. The van der Waals surface area contributed by atoms with E-state index >= 15 is 0 Å². The molecule has 8 nitrogen and oxygen atoms in total. The molecular formula is C21H23N5O3. The van der Waals surface area contributed by atoms with E-state index in [0.717, 1.165) is 11.1 Å². The highest BCUT2D eigenvalue weighted by Gasteiger charge is 2.22. The van der Waals surface area contributed by atoms with Crippen molar-refractivity contribution < 1.29 is 14.7 Å². The van der Waals surface area contributed by atoms with Crippen molar-refractivity contribution in [3.63, 3.8) is 0 Å².